The van der Waals surface area contributed by atoms with Gasteiger partial charge in [0.1, 0.15) is 17.4 Å². The third kappa shape index (κ3) is 6.15. The average molecular weight is 745 g/mol. The van der Waals surface area contributed by atoms with E-state index >= 15 is 0 Å². The predicted octanol–water partition coefficient (Wildman–Crippen LogP) is 6.92. The first-order chi connectivity index (χ1) is 26.1. The number of benzene rings is 1. The van der Waals surface area contributed by atoms with Gasteiger partial charge in [-0.05, 0) is 98.9 Å². The number of hydrogen-bond donors (Lipinski definition) is 2. The van der Waals surface area contributed by atoms with Gasteiger partial charge in [-0.25, -0.2) is 19.7 Å². The number of amides is 1. The second-order valence-corrected chi connectivity index (χ2v) is 15.9. The van der Waals surface area contributed by atoms with E-state index in [0.29, 0.717) is 73.4 Å². The summed E-state index contributed by atoms with van der Waals surface area (Å²) < 4.78 is 58.8. The van der Waals surface area contributed by atoms with Gasteiger partial charge in [0, 0.05) is 68.1 Å². The molecule has 4 saturated carbocycles. The van der Waals surface area contributed by atoms with E-state index < -0.39 is 34.8 Å². The highest BCUT2D eigenvalue weighted by molar-refractivity contribution is 6.00. The second-order valence-electron chi connectivity index (χ2n) is 15.9. The maximum atomic E-state index is 14.8. The van der Waals surface area contributed by atoms with E-state index in [-0.39, 0.29) is 29.7 Å². The molecule has 0 radical (unpaired) electrons. The summed E-state index contributed by atoms with van der Waals surface area (Å²) in [6, 6.07) is 9.94. The van der Waals surface area contributed by atoms with E-state index in [1.807, 2.05) is 29.0 Å². The summed E-state index contributed by atoms with van der Waals surface area (Å²) in [5.41, 5.74) is -2.27. The van der Waals surface area contributed by atoms with Crippen molar-refractivity contribution < 1.29 is 37.3 Å². The lowest BCUT2D eigenvalue weighted by atomic mass is 9.48. The van der Waals surface area contributed by atoms with Crippen molar-refractivity contribution >= 4 is 28.7 Å². The van der Waals surface area contributed by atoms with Crippen molar-refractivity contribution in [3.63, 3.8) is 0 Å². The van der Waals surface area contributed by atoms with Crippen LogP contribution in [0.1, 0.15) is 79.9 Å². The summed E-state index contributed by atoms with van der Waals surface area (Å²) in [6.07, 6.45) is 7.22. The Morgan fingerprint density at radius 1 is 0.963 bits per heavy atom. The minimum Gasteiger partial charge on any atom is -0.490 e. The number of rotatable bonds is 8. The van der Waals surface area contributed by atoms with Crippen LogP contribution in [0.15, 0.2) is 55.0 Å². The highest BCUT2D eigenvalue weighted by Gasteiger charge is 2.62. The molecule has 6 fully saturated rings. The molecule has 284 valence electrons. The Balaban J connectivity index is 1.02. The summed E-state index contributed by atoms with van der Waals surface area (Å²) in [7, 11) is 0. The zero-order chi connectivity index (χ0) is 37.2. The summed E-state index contributed by atoms with van der Waals surface area (Å²) >= 11 is 0. The lowest BCUT2D eigenvalue weighted by molar-refractivity contribution is -0.163. The normalized spacial score (nSPS) is 28.4. The van der Waals surface area contributed by atoms with Crippen molar-refractivity contribution in [2.45, 2.75) is 81.6 Å². The number of aromatic nitrogens is 4. The summed E-state index contributed by atoms with van der Waals surface area (Å²) in [4.78, 5) is 41.7. The van der Waals surface area contributed by atoms with Crippen molar-refractivity contribution in [3.8, 4) is 17.0 Å². The van der Waals surface area contributed by atoms with Crippen molar-refractivity contribution in [1.29, 1.82) is 0 Å². The largest absolute Gasteiger partial charge is 0.490 e. The van der Waals surface area contributed by atoms with Gasteiger partial charge in [0.15, 0.2) is 5.69 Å². The summed E-state index contributed by atoms with van der Waals surface area (Å²) in [5, 5.41) is 13.9. The number of anilines is 1. The molecule has 1 aromatic carbocycles. The first kappa shape index (κ1) is 35.0. The first-order valence-electron chi connectivity index (χ1n) is 19.1. The van der Waals surface area contributed by atoms with Crippen LogP contribution < -0.4 is 15.0 Å². The minimum absolute atomic E-state index is 0.0304. The molecule has 4 bridgehead atoms. The number of aliphatic carboxylic acids is 1. The van der Waals surface area contributed by atoms with Crippen LogP contribution in [0.2, 0.25) is 0 Å². The van der Waals surface area contributed by atoms with Crippen LogP contribution in [0.3, 0.4) is 0 Å². The molecule has 11 nitrogen and oxygen atoms in total. The van der Waals surface area contributed by atoms with E-state index in [2.05, 4.69) is 25.2 Å². The maximum absolute atomic E-state index is 14.8. The molecule has 1 amide bonds. The molecule has 4 aromatic rings. The molecule has 14 heteroatoms. The number of fused-ring (bicyclic) bond motifs is 1. The van der Waals surface area contributed by atoms with Crippen molar-refractivity contribution in [3.05, 3.63) is 66.2 Å². The molecule has 2 saturated heterocycles. The third-order valence-corrected chi connectivity index (χ3v) is 12.7. The fraction of sp³-hybridized carbons (Fsp3) is 0.525. The van der Waals surface area contributed by atoms with Crippen molar-refractivity contribution in [2.24, 2.45) is 23.7 Å². The molecular formula is C40H43F3N6O5. The van der Waals surface area contributed by atoms with E-state index in [4.69, 9.17) is 9.47 Å². The van der Waals surface area contributed by atoms with Gasteiger partial charge in [-0.1, -0.05) is 0 Å². The van der Waals surface area contributed by atoms with Crippen LogP contribution in [0.25, 0.3) is 22.2 Å². The van der Waals surface area contributed by atoms with Crippen LogP contribution in [-0.2, 0) is 15.7 Å². The molecule has 2 N–H and O–H groups in total. The lowest BCUT2D eigenvalue weighted by Gasteiger charge is -2.59. The quantitative estimate of drug-likeness (QED) is 0.197. The Morgan fingerprint density at radius 2 is 1.69 bits per heavy atom. The lowest BCUT2D eigenvalue weighted by Crippen LogP contribution is -2.70. The molecule has 54 heavy (non-hydrogen) atoms. The monoisotopic (exact) mass is 744 g/mol. The Labute approximate surface area is 310 Å². The van der Waals surface area contributed by atoms with Gasteiger partial charge in [0.25, 0.3) is 5.91 Å². The number of alkyl halides is 3. The van der Waals surface area contributed by atoms with Gasteiger partial charge in [0.05, 0.1) is 29.4 Å². The fourth-order valence-electron chi connectivity index (χ4n) is 10.4. The molecular weight excluding hydrogens is 701 g/mol. The first-order valence-corrected chi connectivity index (χ1v) is 19.1. The molecule has 3 aromatic heterocycles. The van der Waals surface area contributed by atoms with Crippen LogP contribution in [0.4, 0.5) is 19.1 Å². The Bertz CT molecular complexity index is 2030. The number of pyridine rings is 1. The number of nitrogens with zero attached hydrogens (tertiary/aromatic N) is 5. The van der Waals surface area contributed by atoms with Gasteiger partial charge in [-0.15, -0.1) is 0 Å². The van der Waals surface area contributed by atoms with Crippen molar-refractivity contribution in [1.82, 2.24) is 24.8 Å². The molecule has 10 rings (SSSR count). The summed E-state index contributed by atoms with van der Waals surface area (Å²) in [6.45, 7) is 2.61. The van der Waals surface area contributed by atoms with Crippen LogP contribution in [0.5, 0.6) is 5.75 Å². The number of carboxylic acid groups (broad SMARTS) is 1. The molecule has 0 spiro atoms. The highest BCUT2D eigenvalue weighted by Crippen LogP contribution is 2.58. The predicted molar refractivity (Wildman–Crippen MR) is 192 cm³/mol. The second kappa shape index (κ2) is 13.5. The maximum Gasteiger partial charge on any atom is 0.434 e. The number of halogens is 3. The topological polar surface area (TPSA) is 132 Å². The number of piperidine rings is 1. The Morgan fingerprint density at radius 3 is 2.33 bits per heavy atom. The molecule has 2 aliphatic heterocycles. The number of carbonyl (C=O) groups is 2. The molecule has 6 aliphatic rings. The smallest absolute Gasteiger partial charge is 0.434 e. The summed E-state index contributed by atoms with van der Waals surface area (Å²) in [5.74, 6) is -0.674. The van der Waals surface area contributed by atoms with E-state index in [9.17, 15) is 27.9 Å². The standard InChI is InChI=1S/C40H43F3N6O5/c41-40(42,43)35-31(36(50)47-39(37(51)52)25-16-23-15-24(18-25)19-26(39)17-23)6-7-33(46-35)32-21-49(27-3-1-14-53-22-27)34-20-29(4-5-30(32)34)54-28-8-12-48(13-9-28)38-44-10-2-11-45-38/h2,4-7,10-11,20-21,23-28H,1,3,8-9,12-19,22H2,(H,47,50)(H,51,52). The highest BCUT2D eigenvalue weighted by atomic mass is 19.4. The van der Waals surface area contributed by atoms with Crippen LogP contribution in [0, 0.1) is 23.7 Å². The number of carbonyl (C=O) groups excluding carboxylic acids is 1. The number of hydrogen-bond acceptors (Lipinski definition) is 8. The van der Waals surface area contributed by atoms with Crippen molar-refractivity contribution in [2.75, 3.05) is 31.2 Å². The van der Waals surface area contributed by atoms with Gasteiger partial charge >= 0.3 is 12.1 Å². The molecule has 1 unspecified atom stereocenters. The van der Waals surface area contributed by atoms with Gasteiger partial charge in [-0.3, -0.25) is 4.79 Å². The van der Waals surface area contributed by atoms with Gasteiger partial charge < -0.3 is 29.4 Å². The van der Waals surface area contributed by atoms with Crippen LogP contribution >= 0.6 is 0 Å². The van der Waals surface area contributed by atoms with E-state index in [1.54, 1.807) is 18.5 Å². The minimum atomic E-state index is -4.97. The number of ether oxygens (including phenoxy) is 2. The molecule has 1 atom stereocenters. The van der Waals surface area contributed by atoms with E-state index in [1.165, 1.54) is 6.07 Å². The Hall–Kier alpha value is -4.72. The van der Waals surface area contributed by atoms with E-state index in [0.717, 1.165) is 56.8 Å². The average Bonchev–Trinajstić information content (AvgIpc) is 3.55. The van der Waals surface area contributed by atoms with Crippen LogP contribution in [-0.4, -0.2) is 74.4 Å². The van der Waals surface area contributed by atoms with Gasteiger partial charge in [0.2, 0.25) is 5.95 Å². The SMILES string of the molecule is O=C(NC1(C(=O)O)C2CC3CC(C2)CC1C3)c1ccc(-c2cn(C3CCCOC3)c3cc(OC4CCN(c5ncccn5)CC4)ccc23)nc1C(F)(F)F. The molecule has 5 heterocycles. The Kier molecular flexibility index (Phi) is 8.78. The number of carboxylic acids is 1. The fourth-order valence-corrected chi connectivity index (χ4v) is 10.4. The third-order valence-electron chi connectivity index (χ3n) is 12.7. The zero-order valence-corrected chi connectivity index (χ0v) is 29.8. The molecule has 4 aliphatic carbocycles. The van der Waals surface area contributed by atoms with Gasteiger partial charge in [-0.2, -0.15) is 13.2 Å². The zero-order valence-electron chi connectivity index (χ0n) is 29.8. The number of nitrogens with one attached hydrogen (secondary N) is 1.